The summed E-state index contributed by atoms with van der Waals surface area (Å²) >= 11 is 18.6. The molecule has 0 fully saturated rings. The van der Waals surface area contributed by atoms with Gasteiger partial charge < -0.3 is 20.1 Å². The van der Waals surface area contributed by atoms with Crippen molar-refractivity contribution in [2.45, 2.75) is 65.6 Å². The van der Waals surface area contributed by atoms with Gasteiger partial charge in [0.05, 0.1) is 34.4 Å². The number of hydrogen-bond acceptors (Lipinski definition) is 4. The molecule has 0 aliphatic carbocycles. The second kappa shape index (κ2) is 16.4. The number of aromatic nitrogens is 2. The largest absolute Gasteiger partial charge is 0.363 e. The maximum Gasteiger partial charge on any atom is 0.226 e. The number of carbonyl (C=O) groups excluding carboxylic acids is 1. The number of thiocarbonyl (C=S) groups is 1. The van der Waals surface area contributed by atoms with Crippen LogP contribution < -0.4 is 10.6 Å². The summed E-state index contributed by atoms with van der Waals surface area (Å²) in [5, 5.41) is 17.3. The summed E-state index contributed by atoms with van der Waals surface area (Å²) in [6.45, 7) is 8.76. The second-order valence-corrected chi connectivity index (χ2v) is 11.7. The first-order valence-electron chi connectivity index (χ1n) is 13.9. The Morgan fingerprint density at radius 2 is 1.95 bits per heavy atom. The van der Waals surface area contributed by atoms with Gasteiger partial charge in [-0.25, -0.2) is 4.98 Å². The minimum Gasteiger partial charge on any atom is -0.363 e. The third kappa shape index (κ3) is 10.3. The van der Waals surface area contributed by atoms with Crippen molar-refractivity contribution in [3.63, 3.8) is 0 Å². The lowest BCUT2D eigenvalue weighted by Gasteiger charge is -2.32. The van der Waals surface area contributed by atoms with Crippen molar-refractivity contribution in [3.8, 4) is 6.07 Å². The molecule has 41 heavy (non-hydrogen) atoms. The standard InChI is InChI=1S/C31H38Cl2N6OS/c1-4-5-13-36-31(41)38(19-25-7-6-8-28(32)30(25)33)20-26(14-22(2)3)37-29(40)15-27-17-35-21-39(27)18-24-11-9-23(16-34)10-12-24/h6-12,17,21-22,26H,4-5,13-15,18-20H2,1-3H3,(H,36,41)(H,37,40)/t26-/m0/s1. The van der Waals surface area contributed by atoms with Crippen LogP contribution in [0.3, 0.4) is 0 Å². The van der Waals surface area contributed by atoms with E-state index in [1.807, 2.05) is 28.8 Å². The molecule has 10 heteroatoms. The van der Waals surface area contributed by atoms with Crippen molar-refractivity contribution in [1.29, 1.82) is 5.26 Å². The number of nitriles is 1. The van der Waals surface area contributed by atoms with Gasteiger partial charge in [0.25, 0.3) is 0 Å². The Kier molecular flexibility index (Phi) is 12.9. The first-order chi connectivity index (χ1) is 19.7. The Morgan fingerprint density at radius 3 is 2.63 bits per heavy atom. The van der Waals surface area contributed by atoms with Crippen LogP contribution in [0.2, 0.25) is 10.0 Å². The van der Waals surface area contributed by atoms with Gasteiger partial charge in [-0.05, 0) is 60.3 Å². The average Bonchev–Trinajstić information content (AvgIpc) is 3.36. The molecule has 7 nitrogen and oxygen atoms in total. The SMILES string of the molecule is CCCCNC(=S)N(Cc1cccc(Cl)c1Cl)C[C@H](CC(C)C)NC(=O)Cc1cncn1Cc1ccc(C#N)cc1. The lowest BCUT2D eigenvalue weighted by Crippen LogP contribution is -2.49. The smallest absolute Gasteiger partial charge is 0.226 e. The van der Waals surface area contributed by atoms with Crippen molar-refractivity contribution in [1.82, 2.24) is 25.1 Å². The molecule has 0 unspecified atom stereocenters. The van der Waals surface area contributed by atoms with Gasteiger partial charge in [0.1, 0.15) is 0 Å². The van der Waals surface area contributed by atoms with Crippen LogP contribution in [0.25, 0.3) is 0 Å². The number of nitrogens with zero attached hydrogens (tertiary/aromatic N) is 4. The Bertz CT molecular complexity index is 1340. The zero-order chi connectivity index (χ0) is 29.8. The van der Waals surface area contributed by atoms with E-state index in [0.29, 0.717) is 46.3 Å². The molecule has 1 atom stereocenters. The molecular weight excluding hydrogens is 575 g/mol. The molecule has 1 aromatic heterocycles. The zero-order valence-electron chi connectivity index (χ0n) is 23.9. The maximum absolute atomic E-state index is 13.3. The van der Waals surface area contributed by atoms with Crippen molar-refractivity contribution < 1.29 is 4.79 Å². The molecule has 0 bridgehead atoms. The molecule has 0 aliphatic rings. The number of imidazole rings is 1. The fourth-order valence-electron chi connectivity index (χ4n) is 4.56. The first-order valence-corrected chi connectivity index (χ1v) is 15.1. The molecule has 2 aromatic carbocycles. The number of hydrogen-bond donors (Lipinski definition) is 2. The minimum atomic E-state index is -0.138. The van der Waals surface area contributed by atoms with Crippen LogP contribution in [-0.4, -0.2) is 44.6 Å². The van der Waals surface area contributed by atoms with Crippen LogP contribution in [0, 0.1) is 17.2 Å². The van der Waals surface area contributed by atoms with Crippen molar-refractivity contribution >= 4 is 46.4 Å². The lowest BCUT2D eigenvalue weighted by atomic mass is 10.0. The van der Waals surface area contributed by atoms with E-state index < -0.39 is 0 Å². The fraction of sp³-hybridized carbons (Fsp3) is 0.419. The molecule has 0 spiro atoms. The molecule has 2 N–H and O–H groups in total. The fourth-order valence-corrected chi connectivity index (χ4v) is 5.18. The molecule has 1 heterocycles. The molecule has 0 radical (unpaired) electrons. The third-order valence-electron chi connectivity index (χ3n) is 6.62. The van der Waals surface area contributed by atoms with Crippen LogP contribution >= 0.6 is 35.4 Å². The van der Waals surface area contributed by atoms with Gasteiger partial charge >= 0.3 is 0 Å². The number of nitrogens with one attached hydrogen (secondary N) is 2. The van der Waals surface area contributed by atoms with E-state index in [2.05, 4.69) is 47.4 Å². The molecule has 3 rings (SSSR count). The van der Waals surface area contributed by atoms with Crippen molar-refractivity contribution in [2.24, 2.45) is 5.92 Å². The van der Waals surface area contributed by atoms with E-state index in [1.54, 1.807) is 30.7 Å². The van der Waals surface area contributed by atoms with Gasteiger partial charge in [0.2, 0.25) is 5.91 Å². The maximum atomic E-state index is 13.3. The molecular formula is C31H38Cl2N6OS. The van der Waals surface area contributed by atoms with E-state index >= 15 is 0 Å². The number of unbranched alkanes of at least 4 members (excludes halogenated alkanes) is 1. The van der Waals surface area contributed by atoms with Gasteiger partial charge in [-0.1, -0.05) is 74.7 Å². The Labute approximate surface area is 258 Å². The molecule has 0 saturated carbocycles. The normalized spacial score (nSPS) is 11.6. The molecule has 3 aromatic rings. The number of benzene rings is 2. The highest BCUT2D eigenvalue weighted by Crippen LogP contribution is 2.27. The summed E-state index contributed by atoms with van der Waals surface area (Å²) < 4.78 is 1.96. The Morgan fingerprint density at radius 1 is 1.20 bits per heavy atom. The monoisotopic (exact) mass is 612 g/mol. The second-order valence-electron chi connectivity index (χ2n) is 10.6. The highest BCUT2D eigenvalue weighted by Gasteiger charge is 2.22. The van der Waals surface area contributed by atoms with Crippen molar-refractivity contribution in [3.05, 3.63) is 87.4 Å². The predicted octanol–water partition coefficient (Wildman–Crippen LogP) is 6.36. The lowest BCUT2D eigenvalue weighted by molar-refractivity contribution is -0.121. The van der Waals surface area contributed by atoms with Crippen LogP contribution in [0.15, 0.2) is 55.0 Å². The van der Waals surface area contributed by atoms with E-state index in [4.69, 9.17) is 40.7 Å². The summed E-state index contributed by atoms with van der Waals surface area (Å²) in [4.78, 5) is 19.7. The molecule has 1 amide bonds. The highest BCUT2D eigenvalue weighted by molar-refractivity contribution is 7.80. The van der Waals surface area contributed by atoms with E-state index in [-0.39, 0.29) is 18.4 Å². The topological polar surface area (TPSA) is 86.0 Å². The van der Waals surface area contributed by atoms with Crippen LogP contribution in [0.5, 0.6) is 0 Å². The summed E-state index contributed by atoms with van der Waals surface area (Å²) in [6, 6.07) is 15.0. The highest BCUT2D eigenvalue weighted by atomic mass is 35.5. The predicted molar refractivity (Wildman–Crippen MR) is 170 cm³/mol. The number of amides is 1. The van der Waals surface area contributed by atoms with Gasteiger partial charge in [-0.2, -0.15) is 5.26 Å². The Hall–Kier alpha value is -3.12. The molecule has 0 saturated heterocycles. The van der Waals surface area contributed by atoms with E-state index in [9.17, 15) is 4.79 Å². The Balaban J connectivity index is 1.72. The third-order valence-corrected chi connectivity index (χ3v) is 7.89. The van der Waals surface area contributed by atoms with Gasteiger partial charge in [0.15, 0.2) is 5.11 Å². The quantitative estimate of drug-likeness (QED) is 0.163. The van der Waals surface area contributed by atoms with E-state index in [0.717, 1.165) is 42.6 Å². The average molecular weight is 614 g/mol. The van der Waals surface area contributed by atoms with Gasteiger partial charge in [-0.15, -0.1) is 0 Å². The van der Waals surface area contributed by atoms with E-state index in [1.165, 1.54) is 0 Å². The first kappa shape index (κ1) is 32.4. The van der Waals surface area contributed by atoms with Crippen LogP contribution in [-0.2, 0) is 24.3 Å². The number of halogens is 2. The number of carbonyl (C=O) groups is 1. The molecule has 218 valence electrons. The minimum absolute atomic E-state index is 0.0807. The van der Waals surface area contributed by atoms with Crippen LogP contribution in [0.4, 0.5) is 0 Å². The van der Waals surface area contributed by atoms with Crippen LogP contribution in [0.1, 0.15) is 62.4 Å². The van der Waals surface area contributed by atoms with Gasteiger partial charge in [-0.3, -0.25) is 4.79 Å². The van der Waals surface area contributed by atoms with Crippen molar-refractivity contribution in [2.75, 3.05) is 13.1 Å². The zero-order valence-corrected chi connectivity index (χ0v) is 26.2. The summed E-state index contributed by atoms with van der Waals surface area (Å²) in [7, 11) is 0. The number of rotatable bonds is 14. The summed E-state index contributed by atoms with van der Waals surface area (Å²) in [6.07, 6.45) is 6.50. The summed E-state index contributed by atoms with van der Waals surface area (Å²) in [5.41, 5.74) is 3.33. The summed E-state index contributed by atoms with van der Waals surface area (Å²) in [5.74, 6) is 0.281. The van der Waals surface area contributed by atoms with Gasteiger partial charge in [0, 0.05) is 44.1 Å². The molecule has 0 aliphatic heterocycles.